The van der Waals surface area contributed by atoms with Gasteiger partial charge in [-0.3, -0.25) is 14.2 Å². The predicted octanol–water partition coefficient (Wildman–Crippen LogP) is 2.74. The number of carbonyl (C=O) groups is 2. The molecular formula is C18H15ClN2O5. The Kier molecular flexibility index (Phi) is 5.09. The molecule has 1 heterocycles. The van der Waals surface area contributed by atoms with Crippen LogP contribution in [-0.2, 0) is 20.9 Å². The fourth-order valence-electron chi connectivity index (χ4n) is 2.44. The number of rotatable bonds is 5. The first-order valence-corrected chi connectivity index (χ1v) is 8.12. The van der Waals surface area contributed by atoms with Crippen molar-refractivity contribution in [2.24, 2.45) is 0 Å². The monoisotopic (exact) mass is 374 g/mol. The van der Waals surface area contributed by atoms with Crippen LogP contribution in [0.15, 0.2) is 51.7 Å². The summed E-state index contributed by atoms with van der Waals surface area (Å²) in [5.74, 6) is -1.88. The van der Waals surface area contributed by atoms with E-state index in [0.717, 1.165) is 10.1 Å². The van der Waals surface area contributed by atoms with Crippen molar-refractivity contribution in [2.45, 2.75) is 13.5 Å². The van der Waals surface area contributed by atoms with Gasteiger partial charge < -0.3 is 14.5 Å². The van der Waals surface area contributed by atoms with Crippen LogP contribution in [0.1, 0.15) is 5.56 Å². The molecule has 0 atom stereocenters. The third-order valence-electron chi connectivity index (χ3n) is 3.69. The average molecular weight is 375 g/mol. The number of hydrogen-bond donors (Lipinski definition) is 1. The highest BCUT2D eigenvalue weighted by Gasteiger charge is 2.14. The molecule has 0 aliphatic rings. The van der Waals surface area contributed by atoms with Crippen LogP contribution < -0.4 is 11.1 Å². The number of amides is 1. The number of fused-ring (bicyclic) bond motifs is 1. The van der Waals surface area contributed by atoms with Crippen LogP contribution in [0, 0.1) is 6.92 Å². The molecule has 0 aliphatic heterocycles. The molecule has 1 amide bonds. The molecule has 7 nitrogen and oxygen atoms in total. The van der Waals surface area contributed by atoms with Gasteiger partial charge in [-0.15, -0.1) is 0 Å². The lowest BCUT2D eigenvalue weighted by Crippen LogP contribution is -2.26. The van der Waals surface area contributed by atoms with Gasteiger partial charge in [-0.1, -0.05) is 23.7 Å². The quantitative estimate of drug-likeness (QED) is 0.693. The van der Waals surface area contributed by atoms with Crippen molar-refractivity contribution >= 4 is 40.3 Å². The van der Waals surface area contributed by atoms with E-state index in [2.05, 4.69) is 5.32 Å². The van der Waals surface area contributed by atoms with Crippen LogP contribution >= 0.6 is 11.6 Å². The number of aryl methyl sites for hydroxylation is 1. The third-order valence-corrected chi connectivity index (χ3v) is 3.92. The summed E-state index contributed by atoms with van der Waals surface area (Å²) in [6.07, 6.45) is 0. The first-order chi connectivity index (χ1) is 12.4. The highest BCUT2D eigenvalue weighted by molar-refractivity contribution is 6.30. The summed E-state index contributed by atoms with van der Waals surface area (Å²) in [6.45, 7) is 0.985. The lowest BCUT2D eigenvalue weighted by Gasteiger charge is -2.09. The predicted molar refractivity (Wildman–Crippen MR) is 96.3 cm³/mol. The minimum atomic E-state index is -0.721. The summed E-state index contributed by atoms with van der Waals surface area (Å²) in [5.41, 5.74) is 2.22. The number of hydrogen-bond acceptors (Lipinski definition) is 5. The minimum Gasteiger partial charge on any atom is -0.454 e. The summed E-state index contributed by atoms with van der Waals surface area (Å²) in [4.78, 5) is 35.7. The first-order valence-electron chi connectivity index (χ1n) is 7.74. The van der Waals surface area contributed by atoms with Gasteiger partial charge in [0.25, 0.3) is 5.91 Å². The van der Waals surface area contributed by atoms with Gasteiger partial charge in [0.05, 0.1) is 5.52 Å². The van der Waals surface area contributed by atoms with Crippen molar-refractivity contribution in [3.63, 3.8) is 0 Å². The Hall–Kier alpha value is -3.06. The van der Waals surface area contributed by atoms with E-state index in [-0.39, 0.29) is 6.54 Å². The normalized spacial score (nSPS) is 10.7. The van der Waals surface area contributed by atoms with Crippen LogP contribution in [0.3, 0.4) is 0 Å². The smallest absolute Gasteiger partial charge is 0.420 e. The number of esters is 1. The van der Waals surface area contributed by atoms with Gasteiger partial charge in [0, 0.05) is 10.7 Å². The zero-order valence-corrected chi connectivity index (χ0v) is 14.6. The second kappa shape index (κ2) is 7.45. The second-order valence-electron chi connectivity index (χ2n) is 5.59. The van der Waals surface area contributed by atoms with E-state index in [0.29, 0.717) is 21.8 Å². The number of ether oxygens (including phenoxy) is 1. The Morgan fingerprint density at radius 2 is 2.00 bits per heavy atom. The van der Waals surface area contributed by atoms with E-state index >= 15 is 0 Å². The van der Waals surface area contributed by atoms with Crippen LogP contribution in [0.5, 0.6) is 0 Å². The molecule has 0 fully saturated rings. The summed E-state index contributed by atoms with van der Waals surface area (Å²) >= 11 is 5.86. The highest BCUT2D eigenvalue weighted by atomic mass is 35.5. The van der Waals surface area contributed by atoms with Crippen LogP contribution in [0.25, 0.3) is 11.1 Å². The number of para-hydroxylation sites is 2. The zero-order valence-electron chi connectivity index (χ0n) is 13.8. The van der Waals surface area contributed by atoms with Gasteiger partial charge in [-0.25, -0.2) is 4.79 Å². The molecular weight excluding hydrogens is 360 g/mol. The summed E-state index contributed by atoms with van der Waals surface area (Å²) in [7, 11) is 0. The Balaban J connectivity index is 1.59. The van der Waals surface area contributed by atoms with E-state index < -0.39 is 24.2 Å². The van der Waals surface area contributed by atoms with E-state index in [4.69, 9.17) is 20.8 Å². The number of nitrogens with zero attached hydrogens (tertiary/aromatic N) is 1. The number of carbonyl (C=O) groups excluding carboxylic acids is 2. The van der Waals surface area contributed by atoms with Gasteiger partial charge in [0.2, 0.25) is 0 Å². The fourth-order valence-corrected chi connectivity index (χ4v) is 2.66. The van der Waals surface area contributed by atoms with Crippen molar-refractivity contribution in [3.05, 3.63) is 63.6 Å². The van der Waals surface area contributed by atoms with E-state index in [1.54, 1.807) is 49.4 Å². The molecule has 0 bridgehead atoms. The Morgan fingerprint density at radius 3 is 2.77 bits per heavy atom. The van der Waals surface area contributed by atoms with Crippen molar-refractivity contribution in [3.8, 4) is 0 Å². The van der Waals surface area contributed by atoms with Crippen LogP contribution in [0.4, 0.5) is 5.69 Å². The number of benzene rings is 2. The summed E-state index contributed by atoms with van der Waals surface area (Å²) in [6, 6.07) is 11.7. The zero-order chi connectivity index (χ0) is 18.7. The van der Waals surface area contributed by atoms with Gasteiger partial charge >= 0.3 is 11.7 Å². The maximum absolute atomic E-state index is 12.0. The Labute approximate surface area is 153 Å². The molecule has 0 radical (unpaired) electrons. The topological polar surface area (TPSA) is 90.5 Å². The molecule has 8 heteroatoms. The van der Waals surface area contributed by atoms with E-state index in [1.807, 2.05) is 0 Å². The fraction of sp³-hybridized carbons (Fsp3) is 0.167. The van der Waals surface area contributed by atoms with Crippen molar-refractivity contribution in [1.29, 1.82) is 0 Å². The molecule has 2 aromatic carbocycles. The Morgan fingerprint density at radius 1 is 1.23 bits per heavy atom. The average Bonchev–Trinajstić information content (AvgIpc) is 2.91. The van der Waals surface area contributed by atoms with Gasteiger partial charge in [0.15, 0.2) is 12.2 Å². The van der Waals surface area contributed by atoms with Crippen LogP contribution in [-0.4, -0.2) is 23.1 Å². The number of anilines is 1. The molecule has 0 aliphatic carbocycles. The molecule has 3 rings (SSSR count). The van der Waals surface area contributed by atoms with E-state index in [1.165, 1.54) is 0 Å². The van der Waals surface area contributed by atoms with E-state index in [9.17, 15) is 14.4 Å². The highest BCUT2D eigenvalue weighted by Crippen LogP contribution is 2.19. The maximum atomic E-state index is 12.0. The largest absolute Gasteiger partial charge is 0.454 e. The van der Waals surface area contributed by atoms with Gasteiger partial charge in [0.1, 0.15) is 6.54 Å². The van der Waals surface area contributed by atoms with Gasteiger partial charge in [-0.05, 0) is 42.8 Å². The van der Waals surface area contributed by atoms with Crippen molar-refractivity contribution < 1.29 is 18.7 Å². The molecule has 134 valence electrons. The van der Waals surface area contributed by atoms with Crippen molar-refractivity contribution in [2.75, 3.05) is 11.9 Å². The maximum Gasteiger partial charge on any atom is 0.420 e. The molecule has 0 saturated carbocycles. The molecule has 26 heavy (non-hydrogen) atoms. The molecule has 1 aromatic heterocycles. The van der Waals surface area contributed by atoms with Crippen LogP contribution in [0.2, 0.25) is 5.02 Å². The minimum absolute atomic E-state index is 0.344. The number of nitrogens with one attached hydrogen (secondary N) is 1. The Bertz CT molecular complexity index is 1040. The molecule has 0 saturated heterocycles. The summed E-state index contributed by atoms with van der Waals surface area (Å²) in [5, 5.41) is 3.19. The standard InChI is InChI=1S/C18H15ClN2O5/c1-11-8-12(19)6-7-13(11)20-16(22)10-25-17(23)9-21-14-4-2-3-5-15(14)26-18(21)24/h2-8H,9-10H2,1H3,(H,20,22). The second-order valence-corrected chi connectivity index (χ2v) is 6.03. The van der Waals surface area contributed by atoms with Gasteiger partial charge in [-0.2, -0.15) is 0 Å². The SMILES string of the molecule is Cc1cc(Cl)ccc1NC(=O)COC(=O)Cn1c(=O)oc2ccccc21. The number of oxazole rings is 1. The lowest BCUT2D eigenvalue weighted by atomic mass is 10.2. The molecule has 1 N–H and O–H groups in total. The third kappa shape index (κ3) is 3.94. The first kappa shape index (κ1) is 17.8. The molecule has 0 spiro atoms. The number of aromatic nitrogens is 1. The molecule has 0 unspecified atom stereocenters. The molecule has 3 aromatic rings. The van der Waals surface area contributed by atoms with Crippen molar-refractivity contribution in [1.82, 2.24) is 4.57 Å². The summed E-state index contributed by atoms with van der Waals surface area (Å²) < 4.78 is 11.1. The lowest BCUT2D eigenvalue weighted by molar-refractivity contribution is -0.147. The number of halogens is 1.